The lowest BCUT2D eigenvalue weighted by Gasteiger charge is -2.23. The fraction of sp³-hybridized carbons (Fsp3) is 0.250. The molecule has 24 heavy (non-hydrogen) atoms. The van der Waals surface area contributed by atoms with E-state index in [9.17, 15) is 23.1 Å². The van der Waals surface area contributed by atoms with Crippen molar-refractivity contribution < 1.29 is 23.1 Å². The van der Waals surface area contributed by atoms with Gasteiger partial charge in [0, 0.05) is 18.1 Å². The fourth-order valence-electron chi connectivity index (χ4n) is 2.12. The molecule has 0 spiro atoms. The SMILES string of the molecule is CC(O)(Cn1cccc1)C(=O)Nc1ccc(C#N)c(C(F)(F)F)c1. The summed E-state index contributed by atoms with van der Waals surface area (Å²) in [6, 6.07) is 7.70. The van der Waals surface area contributed by atoms with Gasteiger partial charge in [0.25, 0.3) is 5.91 Å². The van der Waals surface area contributed by atoms with Crippen LogP contribution in [0.25, 0.3) is 0 Å². The number of nitrogens with zero attached hydrogens (tertiary/aromatic N) is 2. The van der Waals surface area contributed by atoms with Crippen molar-refractivity contribution in [1.82, 2.24) is 4.57 Å². The van der Waals surface area contributed by atoms with Gasteiger partial charge in [-0.1, -0.05) is 0 Å². The van der Waals surface area contributed by atoms with E-state index in [1.807, 2.05) is 0 Å². The number of carbonyl (C=O) groups is 1. The Kier molecular flexibility index (Phi) is 4.66. The van der Waals surface area contributed by atoms with Crippen LogP contribution in [0.5, 0.6) is 0 Å². The number of alkyl halides is 3. The van der Waals surface area contributed by atoms with Gasteiger partial charge in [0.1, 0.15) is 0 Å². The lowest BCUT2D eigenvalue weighted by Crippen LogP contribution is -2.43. The van der Waals surface area contributed by atoms with E-state index in [0.29, 0.717) is 6.07 Å². The van der Waals surface area contributed by atoms with Crippen LogP contribution in [0.1, 0.15) is 18.1 Å². The summed E-state index contributed by atoms with van der Waals surface area (Å²) in [7, 11) is 0. The number of hydrogen-bond donors (Lipinski definition) is 2. The van der Waals surface area contributed by atoms with Gasteiger partial charge in [-0.2, -0.15) is 18.4 Å². The number of rotatable bonds is 4. The Labute approximate surface area is 135 Å². The number of halogens is 3. The van der Waals surface area contributed by atoms with E-state index in [4.69, 9.17) is 5.26 Å². The first-order chi connectivity index (χ1) is 11.1. The summed E-state index contributed by atoms with van der Waals surface area (Å²) in [4.78, 5) is 12.2. The van der Waals surface area contributed by atoms with Crippen LogP contribution in [0.15, 0.2) is 42.7 Å². The minimum atomic E-state index is -4.72. The Morgan fingerprint density at radius 1 is 1.33 bits per heavy atom. The van der Waals surface area contributed by atoms with Gasteiger partial charge in [-0.3, -0.25) is 4.79 Å². The van der Waals surface area contributed by atoms with Crippen LogP contribution in [0.4, 0.5) is 18.9 Å². The Morgan fingerprint density at radius 3 is 2.50 bits per heavy atom. The number of aromatic nitrogens is 1. The largest absolute Gasteiger partial charge is 0.417 e. The monoisotopic (exact) mass is 337 g/mol. The van der Waals surface area contributed by atoms with Crippen LogP contribution in [0, 0.1) is 11.3 Å². The third-order valence-corrected chi connectivity index (χ3v) is 3.35. The van der Waals surface area contributed by atoms with E-state index in [1.54, 1.807) is 29.1 Å². The maximum atomic E-state index is 12.9. The third kappa shape index (κ3) is 3.94. The molecular weight excluding hydrogens is 323 g/mol. The predicted octanol–water partition coefficient (Wildman–Crippen LogP) is 2.77. The Hall–Kier alpha value is -2.79. The third-order valence-electron chi connectivity index (χ3n) is 3.35. The van der Waals surface area contributed by atoms with Crippen LogP contribution in [-0.4, -0.2) is 21.2 Å². The van der Waals surface area contributed by atoms with Crippen molar-refractivity contribution in [3.8, 4) is 6.07 Å². The zero-order chi connectivity index (χ0) is 18.0. The second-order valence-electron chi connectivity index (χ2n) is 5.45. The van der Waals surface area contributed by atoms with Crippen molar-refractivity contribution in [3.05, 3.63) is 53.9 Å². The molecule has 5 nitrogen and oxygen atoms in total. The summed E-state index contributed by atoms with van der Waals surface area (Å²) in [5, 5.41) is 21.2. The van der Waals surface area contributed by atoms with Crippen LogP contribution >= 0.6 is 0 Å². The van der Waals surface area contributed by atoms with E-state index in [2.05, 4.69) is 5.32 Å². The van der Waals surface area contributed by atoms with E-state index >= 15 is 0 Å². The van der Waals surface area contributed by atoms with Gasteiger partial charge >= 0.3 is 6.18 Å². The molecule has 0 aliphatic rings. The maximum absolute atomic E-state index is 12.9. The molecular formula is C16H14F3N3O2. The molecule has 0 aliphatic carbocycles. The number of aliphatic hydroxyl groups is 1. The number of hydrogen-bond acceptors (Lipinski definition) is 3. The van der Waals surface area contributed by atoms with Crippen molar-refractivity contribution in [2.75, 3.05) is 5.32 Å². The summed E-state index contributed by atoms with van der Waals surface area (Å²) >= 11 is 0. The van der Waals surface area contributed by atoms with Crippen molar-refractivity contribution in [3.63, 3.8) is 0 Å². The first-order valence-electron chi connectivity index (χ1n) is 6.89. The topological polar surface area (TPSA) is 78.1 Å². The molecule has 0 saturated heterocycles. The average molecular weight is 337 g/mol. The van der Waals surface area contributed by atoms with Gasteiger partial charge in [-0.15, -0.1) is 0 Å². The van der Waals surface area contributed by atoms with Gasteiger partial charge in [0.2, 0.25) is 0 Å². The second kappa shape index (κ2) is 6.37. The molecule has 1 heterocycles. The quantitative estimate of drug-likeness (QED) is 0.900. The van der Waals surface area contributed by atoms with Gasteiger partial charge in [-0.05, 0) is 37.3 Å². The first kappa shape index (κ1) is 17.6. The van der Waals surface area contributed by atoms with E-state index in [0.717, 1.165) is 6.07 Å². The van der Waals surface area contributed by atoms with Gasteiger partial charge < -0.3 is 15.0 Å². The second-order valence-corrected chi connectivity index (χ2v) is 5.45. The Bertz CT molecular complexity index is 775. The number of anilines is 1. The first-order valence-corrected chi connectivity index (χ1v) is 6.89. The standard InChI is InChI=1S/C16H14F3N3O2/c1-15(24,10-22-6-2-3-7-22)14(23)21-12-5-4-11(9-20)13(8-12)16(17,18)19/h2-8,24H,10H2,1H3,(H,21,23). The number of benzene rings is 1. The molecule has 1 atom stereocenters. The normalized spacial score (nSPS) is 13.8. The molecule has 2 N–H and O–H groups in total. The molecule has 2 aromatic rings. The Balaban J connectivity index is 2.21. The lowest BCUT2D eigenvalue weighted by molar-refractivity contribution is -0.138. The predicted molar refractivity (Wildman–Crippen MR) is 79.8 cm³/mol. The molecule has 126 valence electrons. The number of carbonyl (C=O) groups excluding carboxylic acids is 1. The molecule has 8 heteroatoms. The van der Waals surface area contributed by atoms with Gasteiger partial charge in [0.15, 0.2) is 5.60 Å². The zero-order valence-electron chi connectivity index (χ0n) is 12.6. The number of nitrogens with one attached hydrogen (secondary N) is 1. The molecule has 1 unspecified atom stereocenters. The summed E-state index contributed by atoms with van der Waals surface area (Å²) in [6.07, 6.45) is -1.43. The molecule has 1 amide bonds. The molecule has 0 radical (unpaired) electrons. The van der Waals surface area contributed by atoms with Crippen molar-refractivity contribution in [2.24, 2.45) is 0 Å². The minimum absolute atomic E-state index is 0.0613. The highest BCUT2D eigenvalue weighted by molar-refractivity contribution is 5.96. The molecule has 1 aromatic heterocycles. The molecule has 0 bridgehead atoms. The summed E-state index contributed by atoms with van der Waals surface area (Å²) in [6.45, 7) is 1.20. The van der Waals surface area contributed by atoms with Gasteiger partial charge in [0.05, 0.1) is 23.7 Å². The Morgan fingerprint density at radius 2 is 1.96 bits per heavy atom. The molecule has 0 aliphatic heterocycles. The lowest BCUT2D eigenvalue weighted by atomic mass is 10.0. The number of amides is 1. The summed E-state index contributed by atoms with van der Waals surface area (Å²) in [5.74, 6) is -0.853. The van der Waals surface area contributed by atoms with Crippen molar-refractivity contribution >= 4 is 11.6 Å². The summed E-state index contributed by atoms with van der Waals surface area (Å²) < 4.78 is 40.3. The number of nitriles is 1. The van der Waals surface area contributed by atoms with E-state index in [-0.39, 0.29) is 12.2 Å². The van der Waals surface area contributed by atoms with Crippen LogP contribution in [0.2, 0.25) is 0 Å². The highest BCUT2D eigenvalue weighted by atomic mass is 19.4. The van der Waals surface area contributed by atoms with E-state index in [1.165, 1.54) is 19.1 Å². The summed E-state index contributed by atoms with van der Waals surface area (Å²) in [5.41, 5.74) is -3.67. The minimum Gasteiger partial charge on any atom is -0.378 e. The zero-order valence-corrected chi connectivity index (χ0v) is 12.6. The van der Waals surface area contributed by atoms with Crippen molar-refractivity contribution in [2.45, 2.75) is 25.2 Å². The highest BCUT2D eigenvalue weighted by Gasteiger charge is 2.35. The highest BCUT2D eigenvalue weighted by Crippen LogP contribution is 2.33. The van der Waals surface area contributed by atoms with Crippen LogP contribution in [-0.2, 0) is 17.5 Å². The fourth-order valence-corrected chi connectivity index (χ4v) is 2.12. The molecule has 0 saturated carbocycles. The average Bonchev–Trinajstić information content (AvgIpc) is 2.98. The van der Waals surface area contributed by atoms with Crippen molar-refractivity contribution in [1.29, 1.82) is 5.26 Å². The molecule has 2 rings (SSSR count). The molecule has 1 aromatic carbocycles. The van der Waals surface area contributed by atoms with E-state index < -0.39 is 28.8 Å². The van der Waals surface area contributed by atoms with Crippen LogP contribution in [0.3, 0.4) is 0 Å². The van der Waals surface area contributed by atoms with Gasteiger partial charge in [-0.25, -0.2) is 0 Å². The molecule has 0 fully saturated rings. The maximum Gasteiger partial charge on any atom is 0.417 e. The smallest absolute Gasteiger partial charge is 0.378 e. The van der Waals surface area contributed by atoms with Crippen LogP contribution < -0.4 is 5.32 Å².